The maximum atomic E-state index is 9.83. The van der Waals surface area contributed by atoms with Crippen LogP contribution in [-0.2, 0) is 4.79 Å². The molecule has 0 aromatic heterocycles. The highest BCUT2D eigenvalue weighted by Crippen LogP contribution is 1.83. The van der Waals surface area contributed by atoms with Gasteiger partial charge < -0.3 is 20.5 Å². The largest absolute Gasteiger partial charge is 0.480 e. The van der Waals surface area contributed by atoms with Crippen LogP contribution in [0.3, 0.4) is 0 Å². The zero-order chi connectivity index (χ0) is 8.15. The normalized spacial score (nSPS) is 10.9. The first kappa shape index (κ1) is 9.31. The lowest BCUT2D eigenvalue weighted by Crippen LogP contribution is -2.33. The summed E-state index contributed by atoms with van der Waals surface area (Å²) in [4.78, 5) is 9.83. The number of aliphatic hydroxyl groups excluding tert-OH is 1. The van der Waals surface area contributed by atoms with Crippen LogP contribution in [0.2, 0.25) is 0 Å². The molecule has 0 aromatic rings. The van der Waals surface area contributed by atoms with E-state index < -0.39 is 25.3 Å². The number of nitrogens with zero attached hydrogens (tertiary/aromatic N) is 1. The second kappa shape index (κ2) is 4.18. The summed E-state index contributed by atoms with van der Waals surface area (Å²) in [6.07, 6.45) is -1.72. The van der Waals surface area contributed by atoms with Crippen molar-refractivity contribution in [1.82, 2.24) is 5.06 Å². The molecule has 0 aromatic carbocycles. The van der Waals surface area contributed by atoms with E-state index in [-0.39, 0.29) is 0 Å². The van der Waals surface area contributed by atoms with Crippen molar-refractivity contribution in [3.8, 4) is 0 Å². The van der Waals surface area contributed by atoms with Crippen molar-refractivity contribution in [2.24, 2.45) is 0 Å². The van der Waals surface area contributed by atoms with Crippen molar-refractivity contribution in [2.45, 2.75) is 6.29 Å². The van der Waals surface area contributed by atoms with Crippen molar-refractivity contribution >= 4 is 5.97 Å². The van der Waals surface area contributed by atoms with Crippen LogP contribution in [0.25, 0.3) is 0 Å². The van der Waals surface area contributed by atoms with Gasteiger partial charge in [-0.15, -0.1) is 0 Å². The molecular weight excluding hydrogens is 142 g/mol. The maximum Gasteiger partial charge on any atom is 0.320 e. The topological polar surface area (TPSA) is 101 Å². The fourth-order valence-corrected chi connectivity index (χ4v) is 0.409. The van der Waals surface area contributed by atoms with Crippen LogP contribution in [0.5, 0.6) is 0 Å². The van der Waals surface area contributed by atoms with Gasteiger partial charge in [0.2, 0.25) is 0 Å². The Bertz CT molecular complexity index is 114. The first-order chi connectivity index (χ1) is 4.52. The van der Waals surface area contributed by atoms with Gasteiger partial charge in [-0.2, -0.15) is 5.06 Å². The van der Waals surface area contributed by atoms with Crippen LogP contribution in [0.4, 0.5) is 0 Å². The molecule has 6 heteroatoms. The Labute approximate surface area is 56.9 Å². The third-order valence-corrected chi connectivity index (χ3v) is 0.692. The summed E-state index contributed by atoms with van der Waals surface area (Å²) >= 11 is 0. The first-order valence-electron chi connectivity index (χ1n) is 2.54. The van der Waals surface area contributed by atoms with Gasteiger partial charge in [-0.3, -0.25) is 4.79 Å². The minimum atomic E-state index is -1.72. The number of carboxylic acids is 1. The zero-order valence-corrected chi connectivity index (χ0v) is 5.14. The van der Waals surface area contributed by atoms with E-state index in [1.807, 2.05) is 0 Å². The fourth-order valence-electron chi connectivity index (χ4n) is 0.409. The molecule has 0 saturated heterocycles. The summed E-state index contributed by atoms with van der Waals surface area (Å²) in [5, 5.41) is 33.2. The van der Waals surface area contributed by atoms with Gasteiger partial charge in [0.05, 0.1) is 6.54 Å². The van der Waals surface area contributed by atoms with E-state index in [0.29, 0.717) is 5.06 Å². The average Bonchev–Trinajstić information content (AvgIpc) is 1.58. The number of hydrogen-bond acceptors (Lipinski definition) is 5. The van der Waals surface area contributed by atoms with Crippen LogP contribution in [-0.4, -0.2) is 50.9 Å². The Balaban J connectivity index is 3.43. The molecule has 6 nitrogen and oxygen atoms in total. The third-order valence-electron chi connectivity index (χ3n) is 0.692. The van der Waals surface area contributed by atoms with Gasteiger partial charge in [0.15, 0.2) is 6.29 Å². The summed E-state index contributed by atoms with van der Waals surface area (Å²) in [6, 6.07) is 0. The Kier molecular flexibility index (Phi) is 3.89. The molecule has 0 unspecified atom stereocenters. The lowest BCUT2D eigenvalue weighted by Gasteiger charge is -2.12. The quantitative estimate of drug-likeness (QED) is 0.276. The zero-order valence-electron chi connectivity index (χ0n) is 5.14. The summed E-state index contributed by atoms with van der Waals surface area (Å²) < 4.78 is 0. The highest BCUT2D eigenvalue weighted by molar-refractivity contribution is 5.68. The van der Waals surface area contributed by atoms with Crippen molar-refractivity contribution in [3.63, 3.8) is 0 Å². The number of rotatable bonds is 4. The molecule has 0 bridgehead atoms. The molecule has 4 N–H and O–H groups in total. The number of hydrogen-bond donors (Lipinski definition) is 4. The second-order valence-corrected chi connectivity index (χ2v) is 1.72. The predicted octanol–water partition coefficient (Wildman–Crippen LogP) is -1.93. The van der Waals surface area contributed by atoms with Gasteiger partial charge in [0.25, 0.3) is 0 Å². The molecule has 0 aliphatic carbocycles. The molecule has 0 amide bonds. The number of aliphatic hydroxyl groups is 2. The van der Waals surface area contributed by atoms with E-state index in [2.05, 4.69) is 0 Å². The van der Waals surface area contributed by atoms with Crippen molar-refractivity contribution < 1.29 is 25.3 Å². The number of carbonyl (C=O) groups is 1. The standard InChI is InChI=1S/C4H9NO5/c6-3(7)1-5(10)2-4(8)9/h3,6-7,10H,1-2H2,(H,8,9). The Morgan fingerprint density at radius 2 is 2.00 bits per heavy atom. The SMILES string of the molecule is O=C(O)CN(O)CC(O)O. The lowest BCUT2D eigenvalue weighted by molar-refractivity contribution is -0.173. The maximum absolute atomic E-state index is 9.83. The molecule has 0 aliphatic heterocycles. The van der Waals surface area contributed by atoms with Gasteiger partial charge >= 0.3 is 5.97 Å². The predicted molar refractivity (Wildman–Crippen MR) is 29.2 cm³/mol. The highest BCUT2D eigenvalue weighted by Gasteiger charge is 2.08. The minimum Gasteiger partial charge on any atom is -0.480 e. The molecule has 0 spiro atoms. The summed E-state index contributed by atoms with van der Waals surface area (Å²) in [6.45, 7) is -1.12. The number of carboxylic acid groups (broad SMARTS) is 1. The van der Waals surface area contributed by atoms with E-state index in [9.17, 15) is 4.79 Å². The van der Waals surface area contributed by atoms with E-state index in [1.54, 1.807) is 0 Å². The van der Waals surface area contributed by atoms with Gasteiger partial charge in [0, 0.05) is 0 Å². The lowest BCUT2D eigenvalue weighted by atomic mass is 10.5. The molecule has 0 heterocycles. The molecule has 0 atom stereocenters. The first-order valence-corrected chi connectivity index (χ1v) is 2.54. The smallest absolute Gasteiger partial charge is 0.320 e. The molecule has 0 rings (SSSR count). The second-order valence-electron chi connectivity index (χ2n) is 1.72. The van der Waals surface area contributed by atoms with Crippen LogP contribution in [0.1, 0.15) is 0 Å². The fraction of sp³-hybridized carbons (Fsp3) is 0.750. The number of aliphatic carboxylic acids is 1. The van der Waals surface area contributed by atoms with Crippen molar-refractivity contribution in [2.75, 3.05) is 13.1 Å². The van der Waals surface area contributed by atoms with Gasteiger partial charge in [-0.05, 0) is 0 Å². The van der Waals surface area contributed by atoms with Crippen LogP contribution in [0.15, 0.2) is 0 Å². The molecule has 0 radical (unpaired) electrons. The van der Waals surface area contributed by atoms with Crippen molar-refractivity contribution in [3.05, 3.63) is 0 Å². The summed E-state index contributed by atoms with van der Waals surface area (Å²) in [5.41, 5.74) is 0. The molecule has 0 fully saturated rings. The Morgan fingerprint density at radius 3 is 2.30 bits per heavy atom. The van der Waals surface area contributed by atoms with Crippen LogP contribution in [0, 0.1) is 0 Å². The Morgan fingerprint density at radius 1 is 1.50 bits per heavy atom. The third kappa shape index (κ3) is 5.45. The van der Waals surface area contributed by atoms with E-state index in [4.69, 9.17) is 20.5 Å². The van der Waals surface area contributed by atoms with Crippen LogP contribution >= 0.6 is 0 Å². The summed E-state index contributed by atoms with van der Waals surface area (Å²) in [5.74, 6) is -1.23. The van der Waals surface area contributed by atoms with Gasteiger partial charge in [-0.1, -0.05) is 0 Å². The number of hydroxylamine groups is 2. The molecule has 60 valence electrons. The minimum absolute atomic E-state index is 0.299. The highest BCUT2D eigenvalue weighted by atomic mass is 16.5. The molecule has 10 heavy (non-hydrogen) atoms. The van der Waals surface area contributed by atoms with E-state index in [1.165, 1.54) is 0 Å². The summed E-state index contributed by atoms with van der Waals surface area (Å²) in [7, 11) is 0. The molecular formula is C4H9NO5. The monoisotopic (exact) mass is 151 g/mol. The van der Waals surface area contributed by atoms with Gasteiger partial charge in [-0.25, -0.2) is 0 Å². The van der Waals surface area contributed by atoms with Crippen molar-refractivity contribution in [1.29, 1.82) is 0 Å². The van der Waals surface area contributed by atoms with Crippen LogP contribution < -0.4 is 0 Å². The average molecular weight is 151 g/mol. The molecule has 0 aliphatic rings. The van der Waals surface area contributed by atoms with E-state index >= 15 is 0 Å². The Hall–Kier alpha value is -0.690. The van der Waals surface area contributed by atoms with E-state index in [0.717, 1.165) is 0 Å². The molecule has 0 saturated carbocycles. The van der Waals surface area contributed by atoms with Gasteiger partial charge in [0.1, 0.15) is 6.54 Å².